The number of nitriles is 1. The molecule has 0 atom stereocenters. The lowest BCUT2D eigenvalue weighted by molar-refractivity contribution is 0.629. The summed E-state index contributed by atoms with van der Waals surface area (Å²) in [5, 5.41) is 29.0. The van der Waals surface area contributed by atoms with E-state index in [1.165, 1.54) is 11.1 Å². The van der Waals surface area contributed by atoms with Crippen molar-refractivity contribution in [1.82, 2.24) is 20.0 Å². The SMILES string of the molecule is Cc1ccc(-c2nnc(N/N=C/c3cn(CCC#N)nc3-c3ccccc3)c3ccccc23)cc1C. The van der Waals surface area contributed by atoms with Crippen LogP contribution in [0.15, 0.2) is 84.1 Å². The summed E-state index contributed by atoms with van der Waals surface area (Å²) in [6.07, 6.45) is 4.02. The Hall–Kier alpha value is -4.83. The van der Waals surface area contributed by atoms with Crippen molar-refractivity contribution in [3.8, 4) is 28.6 Å². The minimum Gasteiger partial charge on any atom is -0.270 e. The molecule has 2 heterocycles. The van der Waals surface area contributed by atoms with Gasteiger partial charge in [-0.25, -0.2) is 0 Å². The summed E-state index contributed by atoms with van der Waals surface area (Å²) < 4.78 is 1.78. The van der Waals surface area contributed by atoms with Crippen molar-refractivity contribution < 1.29 is 0 Å². The predicted molar refractivity (Wildman–Crippen MR) is 144 cm³/mol. The third-order valence-electron chi connectivity index (χ3n) is 6.13. The van der Waals surface area contributed by atoms with Crippen LogP contribution in [0.3, 0.4) is 0 Å². The smallest absolute Gasteiger partial charge is 0.176 e. The second-order valence-electron chi connectivity index (χ2n) is 8.58. The Kier molecular flexibility index (Phi) is 6.50. The highest BCUT2D eigenvalue weighted by atomic mass is 15.3. The summed E-state index contributed by atoms with van der Waals surface area (Å²) in [5.74, 6) is 0.576. The van der Waals surface area contributed by atoms with Crippen LogP contribution in [-0.2, 0) is 6.54 Å². The third kappa shape index (κ3) is 4.70. The lowest BCUT2D eigenvalue weighted by Gasteiger charge is -2.10. The van der Waals surface area contributed by atoms with Crippen molar-refractivity contribution in [2.45, 2.75) is 26.8 Å². The average molecular weight is 472 g/mol. The molecule has 7 nitrogen and oxygen atoms in total. The van der Waals surface area contributed by atoms with Crippen LogP contribution >= 0.6 is 0 Å². The Labute approximate surface area is 209 Å². The van der Waals surface area contributed by atoms with Gasteiger partial charge in [-0.3, -0.25) is 10.1 Å². The van der Waals surface area contributed by atoms with Crippen LogP contribution in [0.4, 0.5) is 5.82 Å². The Morgan fingerprint density at radius 2 is 1.67 bits per heavy atom. The van der Waals surface area contributed by atoms with Gasteiger partial charge in [-0.15, -0.1) is 10.2 Å². The fraction of sp³-hybridized carbons (Fsp3) is 0.138. The summed E-state index contributed by atoms with van der Waals surface area (Å²) >= 11 is 0. The van der Waals surface area contributed by atoms with Gasteiger partial charge >= 0.3 is 0 Å². The molecule has 3 aromatic carbocycles. The van der Waals surface area contributed by atoms with Gasteiger partial charge in [0.25, 0.3) is 0 Å². The summed E-state index contributed by atoms with van der Waals surface area (Å²) in [7, 11) is 0. The molecule has 0 saturated heterocycles. The molecule has 0 radical (unpaired) electrons. The molecule has 5 rings (SSSR count). The number of anilines is 1. The molecule has 0 unspecified atom stereocenters. The van der Waals surface area contributed by atoms with Crippen molar-refractivity contribution in [2.75, 3.05) is 5.43 Å². The van der Waals surface area contributed by atoms with E-state index in [-0.39, 0.29) is 0 Å². The van der Waals surface area contributed by atoms with Crippen molar-refractivity contribution >= 4 is 22.8 Å². The molecule has 0 aliphatic heterocycles. The standard InChI is InChI=1S/C29H25N7/c1-20-13-14-23(17-21(20)2)28-25-11-6-7-12-26(25)29(34-32-28)33-31-18-24-19-36(16-8-15-30)35-27(24)22-9-4-3-5-10-22/h3-7,9-14,17-19H,8,16H2,1-2H3,(H,33,34)/b31-18+. The molecule has 7 heteroatoms. The summed E-state index contributed by atoms with van der Waals surface area (Å²) in [6.45, 7) is 4.73. The maximum absolute atomic E-state index is 8.95. The number of hydrogen-bond donors (Lipinski definition) is 1. The monoisotopic (exact) mass is 471 g/mol. The number of hydrogen-bond acceptors (Lipinski definition) is 6. The molecule has 0 amide bonds. The van der Waals surface area contributed by atoms with Gasteiger partial charge in [-0.1, -0.05) is 66.7 Å². The van der Waals surface area contributed by atoms with Crippen LogP contribution in [0.2, 0.25) is 0 Å². The molecule has 36 heavy (non-hydrogen) atoms. The van der Waals surface area contributed by atoms with Gasteiger partial charge in [0.1, 0.15) is 11.4 Å². The molecule has 0 aliphatic rings. The van der Waals surface area contributed by atoms with Crippen molar-refractivity contribution in [3.05, 3.63) is 95.7 Å². The van der Waals surface area contributed by atoms with Gasteiger partial charge < -0.3 is 0 Å². The normalized spacial score (nSPS) is 11.1. The number of rotatable bonds is 7. The van der Waals surface area contributed by atoms with E-state index in [4.69, 9.17) is 5.26 Å². The Morgan fingerprint density at radius 3 is 2.44 bits per heavy atom. The Morgan fingerprint density at radius 1 is 0.889 bits per heavy atom. The number of nitrogens with zero attached hydrogens (tertiary/aromatic N) is 6. The minimum atomic E-state index is 0.388. The first-order valence-electron chi connectivity index (χ1n) is 11.8. The number of benzene rings is 3. The minimum absolute atomic E-state index is 0.388. The first kappa shape index (κ1) is 22.9. The maximum atomic E-state index is 8.95. The number of aryl methyl sites for hydroxylation is 3. The molecular formula is C29H25N7. The molecule has 0 saturated carbocycles. The van der Waals surface area contributed by atoms with Crippen LogP contribution < -0.4 is 5.43 Å². The zero-order chi connectivity index (χ0) is 24.9. The van der Waals surface area contributed by atoms with Crippen molar-refractivity contribution in [1.29, 1.82) is 5.26 Å². The Bertz CT molecular complexity index is 1590. The second kappa shape index (κ2) is 10.2. The van der Waals surface area contributed by atoms with Crippen molar-refractivity contribution in [3.63, 3.8) is 0 Å². The molecule has 0 spiro atoms. The van der Waals surface area contributed by atoms with Gasteiger partial charge in [0.2, 0.25) is 0 Å². The van der Waals surface area contributed by atoms with E-state index in [2.05, 4.69) is 70.0 Å². The molecule has 176 valence electrons. The van der Waals surface area contributed by atoms with Crippen LogP contribution in [0.1, 0.15) is 23.1 Å². The van der Waals surface area contributed by atoms with Crippen molar-refractivity contribution in [2.24, 2.45) is 5.10 Å². The highest BCUT2D eigenvalue weighted by Gasteiger charge is 2.12. The number of fused-ring (bicyclic) bond motifs is 1. The van der Waals surface area contributed by atoms with E-state index in [1.54, 1.807) is 10.9 Å². The fourth-order valence-corrected chi connectivity index (χ4v) is 4.08. The van der Waals surface area contributed by atoms with Gasteiger partial charge in [-0.2, -0.15) is 15.5 Å². The summed E-state index contributed by atoms with van der Waals surface area (Å²) in [5.41, 5.74) is 10.0. The molecule has 1 N–H and O–H groups in total. The van der Waals surface area contributed by atoms with Crippen LogP contribution in [-0.4, -0.2) is 26.2 Å². The van der Waals surface area contributed by atoms with Gasteiger partial charge in [0.05, 0.1) is 25.2 Å². The van der Waals surface area contributed by atoms with Gasteiger partial charge in [-0.05, 0) is 31.0 Å². The zero-order valence-electron chi connectivity index (χ0n) is 20.2. The van der Waals surface area contributed by atoms with E-state index in [1.807, 2.05) is 54.7 Å². The fourth-order valence-electron chi connectivity index (χ4n) is 4.08. The van der Waals surface area contributed by atoms with E-state index < -0.39 is 0 Å². The lowest BCUT2D eigenvalue weighted by Crippen LogP contribution is -1.99. The second-order valence-corrected chi connectivity index (χ2v) is 8.58. The molecule has 0 fully saturated rings. The predicted octanol–water partition coefficient (Wildman–Crippen LogP) is 6.14. The molecule has 0 bridgehead atoms. The van der Waals surface area contributed by atoms with E-state index in [0.717, 1.165) is 38.9 Å². The summed E-state index contributed by atoms with van der Waals surface area (Å²) in [6, 6.07) is 26.5. The van der Waals surface area contributed by atoms with Gasteiger partial charge in [0.15, 0.2) is 5.82 Å². The number of aromatic nitrogens is 4. The van der Waals surface area contributed by atoms with E-state index in [9.17, 15) is 0 Å². The van der Waals surface area contributed by atoms with Crippen LogP contribution in [0.25, 0.3) is 33.3 Å². The van der Waals surface area contributed by atoms with Gasteiger partial charge in [0, 0.05) is 33.7 Å². The first-order chi connectivity index (χ1) is 17.6. The number of hydrazone groups is 1. The first-order valence-corrected chi connectivity index (χ1v) is 11.8. The molecule has 2 aromatic heterocycles. The zero-order valence-corrected chi connectivity index (χ0v) is 20.2. The molecular weight excluding hydrogens is 446 g/mol. The molecule has 5 aromatic rings. The average Bonchev–Trinajstić information content (AvgIpc) is 3.32. The highest BCUT2D eigenvalue weighted by molar-refractivity contribution is 6.00. The lowest BCUT2D eigenvalue weighted by atomic mass is 10.0. The van der Waals surface area contributed by atoms with E-state index in [0.29, 0.717) is 18.8 Å². The van der Waals surface area contributed by atoms with Crippen LogP contribution in [0.5, 0.6) is 0 Å². The highest BCUT2D eigenvalue weighted by Crippen LogP contribution is 2.30. The third-order valence-corrected chi connectivity index (χ3v) is 6.13. The topological polar surface area (TPSA) is 91.8 Å². The Balaban J connectivity index is 1.47. The van der Waals surface area contributed by atoms with Crippen LogP contribution in [0, 0.1) is 25.2 Å². The number of nitrogens with one attached hydrogen (secondary N) is 1. The largest absolute Gasteiger partial charge is 0.270 e. The van der Waals surface area contributed by atoms with E-state index >= 15 is 0 Å². The summed E-state index contributed by atoms with van der Waals surface area (Å²) in [4.78, 5) is 0. The molecule has 0 aliphatic carbocycles. The maximum Gasteiger partial charge on any atom is 0.176 e. The quantitative estimate of drug-likeness (QED) is 0.227.